The third-order valence-electron chi connectivity index (χ3n) is 6.57. The van der Waals surface area contributed by atoms with E-state index in [2.05, 4.69) is 15.6 Å². The summed E-state index contributed by atoms with van der Waals surface area (Å²) in [7, 11) is 1.61. The molecule has 0 spiro atoms. The van der Waals surface area contributed by atoms with E-state index in [0.717, 1.165) is 35.3 Å². The number of amides is 1. The molecule has 1 saturated carbocycles. The average molecular weight is 518 g/mol. The number of benzene rings is 2. The van der Waals surface area contributed by atoms with Crippen molar-refractivity contribution in [2.24, 2.45) is 0 Å². The van der Waals surface area contributed by atoms with Crippen LogP contribution in [-0.2, 0) is 0 Å². The first-order valence-corrected chi connectivity index (χ1v) is 12.6. The van der Waals surface area contributed by atoms with Crippen LogP contribution in [0.1, 0.15) is 53.0 Å². The number of rotatable bonds is 7. The van der Waals surface area contributed by atoms with Gasteiger partial charge >= 0.3 is 0 Å². The molecule has 0 saturated heterocycles. The maximum atomic E-state index is 13.4. The zero-order valence-corrected chi connectivity index (χ0v) is 21.9. The third-order valence-corrected chi connectivity index (χ3v) is 6.78. The van der Waals surface area contributed by atoms with Gasteiger partial charge in [0.05, 0.1) is 24.2 Å². The van der Waals surface area contributed by atoms with Crippen LogP contribution >= 0.6 is 11.6 Å². The van der Waals surface area contributed by atoms with E-state index in [0.29, 0.717) is 28.0 Å². The minimum atomic E-state index is -0.313. The molecule has 2 aromatic carbocycles. The minimum Gasteiger partial charge on any atom is -0.497 e. The molecule has 1 aliphatic rings. The van der Waals surface area contributed by atoms with Gasteiger partial charge in [-0.15, -0.1) is 0 Å². The van der Waals surface area contributed by atoms with E-state index in [1.807, 2.05) is 50.2 Å². The highest BCUT2D eigenvalue weighted by Crippen LogP contribution is 2.33. The highest BCUT2D eigenvalue weighted by Gasteiger charge is 2.26. The van der Waals surface area contributed by atoms with Crippen molar-refractivity contribution in [3.63, 3.8) is 0 Å². The summed E-state index contributed by atoms with van der Waals surface area (Å²) >= 11 is 6.12. The number of halogens is 1. The molecule has 1 aliphatic carbocycles. The predicted molar refractivity (Wildman–Crippen MR) is 146 cm³/mol. The second-order valence-corrected chi connectivity index (χ2v) is 9.88. The second-order valence-electron chi connectivity index (χ2n) is 9.49. The van der Waals surface area contributed by atoms with Crippen LogP contribution in [0.4, 0.5) is 5.69 Å². The van der Waals surface area contributed by atoms with E-state index < -0.39 is 0 Å². The van der Waals surface area contributed by atoms with Gasteiger partial charge in [0.1, 0.15) is 22.2 Å². The molecule has 4 aromatic rings. The molecule has 8 heteroatoms. The standard InChI is InChI=1S/C29H28ClN3O4/c1-15-13-21(17(3)31-23-11-12-24(30)33-25(23)29(35)32-19-7-8-19)28-22(14-15)26(34)16(2)27(37-28)18-5-9-20(36-4)10-6-18/h5-6,9-14,17,19,31H,7-8H2,1-4H3,(H,32,35)/t17-/m1/s1. The van der Waals surface area contributed by atoms with E-state index in [-0.39, 0.29) is 34.3 Å². The molecule has 2 heterocycles. The molecule has 0 bridgehead atoms. The SMILES string of the molecule is COc1ccc(-c2oc3c([C@@H](C)Nc4ccc(Cl)nc4C(=O)NC4CC4)cc(C)cc3c(=O)c2C)cc1. The number of carbonyl (C=O) groups excluding carboxylic acids is 1. The van der Waals surface area contributed by atoms with Crippen LogP contribution in [0.25, 0.3) is 22.3 Å². The van der Waals surface area contributed by atoms with Crippen molar-refractivity contribution in [3.8, 4) is 17.1 Å². The van der Waals surface area contributed by atoms with E-state index >= 15 is 0 Å². The third kappa shape index (κ3) is 5.04. The van der Waals surface area contributed by atoms with Gasteiger partial charge in [-0.05, 0) is 81.6 Å². The topological polar surface area (TPSA) is 93.5 Å². The summed E-state index contributed by atoms with van der Waals surface area (Å²) in [5.41, 5.74) is 4.25. The smallest absolute Gasteiger partial charge is 0.272 e. The molecule has 5 rings (SSSR count). The van der Waals surface area contributed by atoms with Crippen LogP contribution in [-0.4, -0.2) is 24.0 Å². The largest absolute Gasteiger partial charge is 0.497 e. The summed E-state index contributed by atoms with van der Waals surface area (Å²) in [6, 6.07) is 14.5. The maximum absolute atomic E-state index is 13.4. The van der Waals surface area contributed by atoms with Crippen LogP contribution in [0.15, 0.2) is 57.7 Å². The zero-order valence-electron chi connectivity index (χ0n) is 21.1. The summed E-state index contributed by atoms with van der Waals surface area (Å²) in [5, 5.41) is 7.12. The highest BCUT2D eigenvalue weighted by molar-refractivity contribution is 6.29. The summed E-state index contributed by atoms with van der Waals surface area (Å²) in [6.07, 6.45) is 1.94. The lowest BCUT2D eigenvalue weighted by atomic mass is 9.98. The fourth-order valence-corrected chi connectivity index (χ4v) is 4.57. The van der Waals surface area contributed by atoms with E-state index in [1.54, 1.807) is 26.2 Å². The van der Waals surface area contributed by atoms with Crippen LogP contribution in [0.5, 0.6) is 5.75 Å². The monoisotopic (exact) mass is 517 g/mol. The van der Waals surface area contributed by atoms with E-state index in [4.69, 9.17) is 20.8 Å². The molecule has 1 amide bonds. The summed E-state index contributed by atoms with van der Waals surface area (Å²) in [6.45, 7) is 5.68. The van der Waals surface area contributed by atoms with Crippen LogP contribution in [0.2, 0.25) is 5.15 Å². The Kier molecular flexibility index (Phi) is 6.65. The van der Waals surface area contributed by atoms with Gasteiger partial charge in [0.2, 0.25) is 0 Å². The zero-order chi connectivity index (χ0) is 26.3. The number of aromatic nitrogens is 1. The van der Waals surface area contributed by atoms with Gasteiger partial charge < -0.3 is 19.8 Å². The predicted octanol–water partition coefficient (Wildman–Crippen LogP) is 6.20. The maximum Gasteiger partial charge on any atom is 0.272 e. The lowest BCUT2D eigenvalue weighted by Gasteiger charge is -2.20. The Morgan fingerprint density at radius 1 is 1.14 bits per heavy atom. The van der Waals surface area contributed by atoms with Gasteiger partial charge in [0, 0.05) is 22.7 Å². The molecule has 7 nitrogen and oxygen atoms in total. The average Bonchev–Trinajstić information content (AvgIpc) is 3.71. The lowest BCUT2D eigenvalue weighted by Crippen LogP contribution is -2.27. The Hall–Kier alpha value is -3.84. The molecule has 37 heavy (non-hydrogen) atoms. The Morgan fingerprint density at radius 2 is 1.86 bits per heavy atom. The molecule has 190 valence electrons. The number of aryl methyl sites for hydroxylation is 1. The summed E-state index contributed by atoms with van der Waals surface area (Å²) < 4.78 is 11.7. The van der Waals surface area contributed by atoms with Crippen molar-refractivity contribution in [1.82, 2.24) is 10.3 Å². The molecule has 0 radical (unpaired) electrons. The molecule has 2 N–H and O–H groups in total. The number of nitrogens with one attached hydrogen (secondary N) is 2. The molecule has 1 fully saturated rings. The number of pyridine rings is 1. The van der Waals surface area contributed by atoms with Crippen LogP contribution in [0.3, 0.4) is 0 Å². The number of nitrogens with zero attached hydrogens (tertiary/aromatic N) is 1. The summed E-state index contributed by atoms with van der Waals surface area (Å²) in [5.74, 6) is 0.963. The Morgan fingerprint density at radius 3 is 2.54 bits per heavy atom. The first-order valence-electron chi connectivity index (χ1n) is 12.2. The van der Waals surface area contributed by atoms with Crippen molar-refractivity contribution in [3.05, 3.63) is 86.3 Å². The van der Waals surface area contributed by atoms with Gasteiger partial charge in [0.25, 0.3) is 5.91 Å². The van der Waals surface area contributed by atoms with Crippen molar-refractivity contribution in [1.29, 1.82) is 0 Å². The molecular formula is C29H28ClN3O4. The summed E-state index contributed by atoms with van der Waals surface area (Å²) in [4.78, 5) is 30.6. The molecule has 0 unspecified atom stereocenters. The molecule has 1 atom stereocenters. The van der Waals surface area contributed by atoms with E-state index in [9.17, 15) is 9.59 Å². The fraction of sp³-hybridized carbons (Fsp3) is 0.276. The fourth-order valence-electron chi connectivity index (χ4n) is 4.42. The van der Waals surface area contributed by atoms with E-state index in [1.165, 1.54) is 0 Å². The first-order chi connectivity index (χ1) is 17.7. The Balaban J connectivity index is 1.58. The number of fused-ring (bicyclic) bond motifs is 1. The highest BCUT2D eigenvalue weighted by atomic mass is 35.5. The van der Waals surface area contributed by atoms with Crippen LogP contribution < -0.4 is 20.8 Å². The van der Waals surface area contributed by atoms with Crippen molar-refractivity contribution in [2.45, 2.75) is 45.7 Å². The molecule has 0 aliphatic heterocycles. The molecule has 2 aromatic heterocycles. The number of anilines is 1. The number of carbonyl (C=O) groups is 1. The Bertz CT molecular complexity index is 1560. The van der Waals surface area contributed by atoms with Crippen molar-refractivity contribution < 1.29 is 13.9 Å². The minimum absolute atomic E-state index is 0.0816. The number of ether oxygens (including phenoxy) is 1. The van der Waals surface area contributed by atoms with Gasteiger partial charge in [-0.1, -0.05) is 17.7 Å². The second kappa shape index (κ2) is 9.90. The molecular weight excluding hydrogens is 490 g/mol. The van der Waals surface area contributed by atoms with Crippen molar-refractivity contribution >= 4 is 34.2 Å². The van der Waals surface area contributed by atoms with Crippen molar-refractivity contribution in [2.75, 3.05) is 12.4 Å². The first kappa shape index (κ1) is 24.8. The van der Waals surface area contributed by atoms with Gasteiger partial charge in [-0.25, -0.2) is 4.98 Å². The normalized spacial score (nSPS) is 13.9. The number of methoxy groups -OCH3 is 1. The lowest BCUT2D eigenvalue weighted by molar-refractivity contribution is 0.0947. The van der Waals surface area contributed by atoms with Gasteiger partial charge in [-0.3, -0.25) is 9.59 Å². The van der Waals surface area contributed by atoms with Crippen LogP contribution in [0, 0.1) is 13.8 Å². The van der Waals surface area contributed by atoms with Gasteiger partial charge in [-0.2, -0.15) is 0 Å². The number of hydrogen-bond acceptors (Lipinski definition) is 6. The Labute approximate surface area is 219 Å². The van der Waals surface area contributed by atoms with Gasteiger partial charge in [0.15, 0.2) is 11.1 Å². The quantitative estimate of drug-likeness (QED) is 0.283. The number of hydrogen-bond donors (Lipinski definition) is 2.